The number of carbonyl (C=O) groups is 2. The lowest BCUT2D eigenvalue weighted by atomic mass is 10.1. The summed E-state index contributed by atoms with van der Waals surface area (Å²) in [6.45, 7) is -0.0472. The number of β-amino-alcohol motifs (C(OH)–C–C–N with tert-alkyl or cyclic N) is 1. The zero-order chi connectivity index (χ0) is 11.7. The second kappa shape index (κ2) is 3.94. The maximum Gasteiger partial charge on any atom is 0.299 e. The third-order valence-corrected chi connectivity index (χ3v) is 2.50. The molecule has 0 aromatic heterocycles. The van der Waals surface area contributed by atoms with Crippen LogP contribution in [0, 0.1) is 0 Å². The van der Waals surface area contributed by atoms with Gasteiger partial charge in [0.05, 0.1) is 25.0 Å². The van der Waals surface area contributed by atoms with Crippen LogP contribution >= 0.6 is 0 Å². The van der Waals surface area contributed by atoms with Gasteiger partial charge in [0.15, 0.2) is 0 Å². The van der Waals surface area contributed by atoms with E-state index in [1.54, 1.807) is 12.1 Å². The number of ether oxygens (including phenoxy) is 1. The summed E-state index contributed by atoms with van der Waals surface area (Å²) in [4.78, 5) is 24.5. The molecule has 1 amide bonds. The first-order valence-corrected chi connectivity index (χ1v) is 4.84. The molecule has 1 aliphatic rings. The van der Waals surface area contributed by atoms with Crippen molar-refractivity contribution in [3.63, 3.8) is 0 Å². The van der Waals surface area contributed by atoms with Crippen LogP contribution in [0.15, 0.2) is 18.2 Å². The molecular formula is C11H11NO4. The first-order chi connectivity index (χ1) is 7.69. The van der Waals surface area contributed by atoms with Gasteiger partial charge >= 0.3 is 0 Å². The minimum atomic E-state index is -0.600. The normalized spacial score (nSPS) is 14.2. The van der Waals surface area contributed by atoms with Crippen LogP contribution in [0.25, 0.3) is 0 Å². The first kappa shape index (κ1) is 10.6. The molecular weight excluding hydrogens is 210 g/mol. The number of benzene rings is 1. The summed E-state index contributed by atoms with van der Waals surface area (Å²) < 4.78 is 4.99. The van der Waals surface area contributed by atoms with Gasteiger partial charge in [0.2, 0.25) is 0 Å². The molecule has 0 saturated heterocycles. The molecule has 16 heavy (non-hydrogen) atoms. The van der Waals surface area contributed by atoms with Crippen LogP contribution < -0.4 is 9.64 Å². The van der Waals surface area contributed by atoms with Crippen LogP contribution in [0.1, 0.15) is 10.4 Å². The standard InChI is InChI=1S/C11H11NO4/c1-16-7-2-3-9-8(6-7)10(14)11(15)12(9)4-5-13/h2-3,6,13H,4-5H2,1H3. The van der Waals surface area contributed by atoms with Gasteiger partial charge in [-0.15, -0.1) is 0 Å². The number of carbonyl (C=O) groups excluding carboxylic acids is 2. The van der Waals surface area contributed by atoms with Crippen LogP contribution in [-0.2, 0) is 4.79 Å². The summed E-state index contributed by atoms with van der Waals surface area (Å²) in [5, 5.41) is 8.83. The molecule has 1 N–H and O–H groups in total. The molecule has 2 rings (SSSR count). The number of aliphatic hydroxyl groups excluding tert-OH is 1. The maximum atomic E-state index is 11.6. The predicted octanol–water partition coefficient (Wildman–Crippen LogP) is 0.217. The monoisotopic (exact) mass is 221 g/mol. The number of anilines is 1. The number of amides is 1. The van der Waals surface area contributed by atoms with Crippen molar-refractivity contribution in [2.24, 2.45) is 0 Å². The van der Waals surface area contributed by atoms with Crippen LogP contribution in [0.3, 0.4) is 0 Å². The van der Waals surface area contributed by atoms with Gasteiger partial charge in [0, 0.05) is 6.54 Å². The lowest BCUT2D eigenvalue weighted by Crippen LogP contribution is -2.32. The van der Waals surface area contributed by atoms with Crippen LogP contribution in [-0.4, -0.2) is 37.1 Å². The van der Waals surface area contributed by atoms with Crippen molar-refractivity contribution in [2.45, 2.75) is 0 Å². The number of aliphatic hydroxyl groups is 1. The summed E-state index contributed by atoms with van der Waals surface area (Å²) in [5.41, 5.74) is 0.864. The molecule has 0 saturated carbocycles. The summed E-state index contributed by atoms with van der Waals surface area (Å²) in [7, 11) is 1.49. The van der Waals surface area contributed by atoms with Crippen LogP contribution in [0.4, 0.5) is 5.69 Å². The van der Waals surface area contributed by atoms with Crippen molar-refractivity contribution in [3.05, 3.63) is 23.8 Å². The number of rotatable bonds is 3. The third kappa shape index (κ3) is 1.45. The Morgan fingerprint density at radius 3 is 2.75 bits per heavy atom. The largest absolute Gasteiger partial charge is 0.497 e. The molecule has 1 aromatic rings. The van der Waals surface area contributed by atoms with Crippen LogP contribution in [0.2, 0.25) is 0 Å². The van der Waals surface area contributed by atoms with E-state index in [0.717, 1.165) is 0 Å². The van der Waals surface area contributed by atoms with Crippen LogP contribution in [0.5, 0.6) is 5.75 Å². The summed E-state index contributed by atoms with van der Waals surface area (Å²) in [6.07, 6.45) is 0. The number of nitrogens with zero attached hydrogens (tertiary/aromatic N) is 1. The maximum absolute atomic E-state index is 11.6. The molecule has 0 spiro atoms. The molecule has 0 unspecified atom stereocenters. The number of hydrogen-bond acceptors (Lipinski definition) is 4. The molecule has 84 valence electrons. The molecule has 1 aromatic carbocycles. The molecule has 0 fully saturated rings. The average Bonchev–Trinajstić information content (AvgIpc) is 2.54. The molecule has 1 aliphatic heterocycles. The molecule has 1 heterocycles. The van der Waals surface area contributed by atoms with Gasteiger partial charge < -0.3 is 14.7 Å². The second-order valence-electron chi connectivity index (χ2n) is 3.39. The van der Waals surface area contributed by atoms with Gasteiger partial charge in [-0.3, -0.25) is 9.59 Å². The van der Waals surface area contributed by atoms with Gasteiger partial charge in [-0.2, -0.15) is 0 Å². The lowest BCUT2D eigenvalue weighted by Gasteiger charge is -2.14. The Morgan fingerprint density at radius 2 is 2.12 bits per heavy atom. The van der Waals surface area contributed by atoms with Gasteiger partial charge in [-0.25, -0.2) is 0 Å². The Labute approximate surface area is 92.2 Å². The highest BCUT2D eigenvalue weighted by molar-refractivity contribution is 6.52. The van der Waals surface area contributed by atoms with Crippen molar-refractivity contribution in [1.82, 2.24) is 0 Å². The molecule has 0 atom stereocenters. The Kier molecular flexibility index (Phi) is 2.62. The van der Waals surface area contributed by atoms with Crippen molar-refractivity contribution in [1.29, 1.82) is 0 Å². The molecule has 5 heteroatoms. The van der Waals surface area contributed by atoms with Gasteiger partial charge in [0.1, 0.15) is 5.75 Å². The average molecular weight is 221 g/mol. The van der Waals surface area contributed by atoms with E-state index in [1.807, 2.05) is 0 Å². The van der Waals surface area contributed by atoms with Gasteiger partial charge in [0.25, 0.3) is 11.7 Å². The topological polar surface area (TPSA) is 66.8 Å². The Morgan fingerprint density at radius 1 is 1.38 bits per heavy atom. The highest BCUT2D eigenvalue weighted by Crippen LogP contribution is 2.31. The number of methoxy groups -OCH3 is 1. The highest BCUT2D eigenvalue weighted by atomic mass is 16.5. The van der Waals surface area contributed by atoms with Crippen molar-refractivity contribution in [3.8, 4) is 5.75 Å². The SMILES string of the molecule is COc1ccc2c(c1)C(=O)C(=O)N2CCO. The zero-order valence-corrected chi connectivity index (χ0v) is 8.77. The van der Waals surface area contributed by atoms with Gasteiger partial charge in [-0.05, 0) is 18.2 Å². The summed E-state index contributed by atoms with van der Waals surface area (Å²) in [6, 6.07) is 4.86. The van der Waals surface area contributed by atoms with E-state index in [9.17, 15) is 9.59 Å². The summed E-state index contributed by atoms with van der Waals surface area (Å²) >= 11 is 0. The fraction of sp³-hybridized carbons (Fsp3) is 0.273. The number of Topliss-reactive ketones (excluding diaryl/α,β-unsaturated/α-hetero) is 1. The molecule has 0 aliphatic carbocycles. The Balaban J connectivity index is 2.47. The van der Waals surface area contributed by atoms with E-state index in [4.69, 9.17) is 9.84 Å². The Hall–Kier alpha value is -1.88. The van der Waals surface area contributed by atoms with E-state index < -0.39 is 11.7 Å². The van der Waals surface area contributed by atoms with Gasteiger partial charge in [-0.1, -0.05) is 0 Å². The van der Waals surface area contributed by atoms with Crippen molar-refractivity contribution < 1.29 is 19.4 Å². The van der Waals surface area contributed by atoms with E-state index >= 15 is 0 Å². The predicted molar refractivity (Wildman–Crippen MR) is 56.8 cm³/mol. The lowest BCUT2D eigenvalue weighted by molar-refractivity contribution is -0.114. The number of ketones is 1. The highest BCUT2D eigenvalue weighted by Gasteiger charge is 2.35. The second-order valence-corrected chi connectivity index (χ2v) is 3.39. The minimum Gasteiger partial charge on any atom is -0.497 e. The van der Waals surface area contributed by atoms with E-state index in [2.05, 4.69) is 0 Å². The molecule has 0 radical (unpaired) electrons. The van der Waals surface area contributed by atoms with E-state index in [1.165, 1.54) is 18.1 Å². The number of fused-ring (bicyclic) bond motifs is 1. The number of hydrogen-bond donors (Lipinski definition) is 1. The fourth-order valence-corrected chi connectivity index (χ4v) is 1.73. The Bertz CT molecular complexity index is 455. The molecule has 5 nitrogen and oxygen atoms in total. The van der Waals surface area contributed by atoms with Crippen molar-refractivity contribution >= 4 is 17.4 Å². The fourth-order valence-electron chi connectivity index (χ4n) is 1.73. The molecule has 0 bridgehead atoms. The van der Waals surface area contributed by atoms with E-state index in [0.29, 0.717) is 17.0 Å². The minimum absolute atomic E-state index is 0.129. The van der Waals surface area contributed by atoms with Crippen molar-refractivity contribution in [2.75, 3.05) is 25.2 Å². The zero-order valence-electron chi connectivity index (χ0n) is 8.77. The quantitative estimate of drug-likeness (QED) is 0.741. The third-order valence-electron chi connectivity index (χ3n) is 2.50. The smallest absolute Gasteiger partial charge is 0.299 e. The van der Waals surface area contributed by atoms with E-state index in [-0.39, 0.29) is 13.2 Å². The summed E-state index contributed by atoms with van der Waals surface area (Å²) in [5.74, 6) is -0.620. The first-order valence-electron chi connectivity index (χ1n) is 4.84.